The third kappa shape index (κ3) is 3.40. The smallest absolute Gasteiger partial charge is 0.252 e. The average molecular weight is 370 g/mol. The Labute approximate surface area is 156 Å². The maximum absolute atomic E-state index is 12.9. The molecule has 1 fully saturated rings. The number of phenols is 1. The lowest BCUT2D eigenvalue weighted by Crippen LogP contribution is -2.38. The van der Waals surface area contributed by atoms with Crippen LogP contribution < -0.4 is 15.4 Å². The van der Waals surface area contributed by atoms with Crippen molar-refractivity contribution in [1.29, 1.82) is 0 Å². The molecule has 0 aliphatic carbocycles. The monoisotopic (exact) mass is 370 g/mol. The Bertz CT molecular complexity index is 920. The molecule has 0 bridgehead atoms. The summed E-state index contributed by atoms with van der Waals surface area (Å²) < 4.78 is 5.33. The second kappa shape index (κ2) is 7.03. The van der Waals surface area contributed by atoms with Gasteiger partial charge in [0.2, 0.25) is 5.91 Å². The highest BCUT2D eigenvalue weighted by molar-refractivity contribution is 5.97. The van der Waals surface area contributed by atoms with Gasteiger partial charge in [0.05, 0.1) is 25.3 Å². The third-order valence-corrected chi connectivity index (χ3v) is 5.03. The Hall–Kier alpha value is -2.87. The minimum absolute atomic E-state index is 0.00473. The van der Waals surface area contributed by atoms with Gasteiger partial charge in [-0.15, -0.1) is 0 Å². The lowest BCUT2D eigenvalue weighted by molar-refractivity contribution is -0.118. The maximum atomic E-state index is 12.9. The largest absolute Gasteiger partial charge is 0.508 e. The number of phenolic OH excluding ortho intramolecular Hbond substituents is 1. The zero-order valence-corrected chi connectivity index (χ0v) is 15.1. The van der Waals surface area contributed by atoms with Gasteiger partial charge in [0.25, 0.3) is 5.56 Å². The lowest BCUT2D eigenvalue weighted by Gasteiger charge is -2.27. The topological polar surface area (TPSA) is 98.8 Å². The molecule has 4 rings (SSSR count). The molecule has 2 N–H and O–H groups in total. The van der Waals surface area contributed by atoms with E-state index in [1.165, 1.54) is 6.07 Å². The molecule has 2 aromatic rings. The quantitative estimate of drug-likeness (QED) is 0.837. The van der Waals surface area contributed by atoms with Crippen molar-refractivity contribution in [2.75, 3.05) is 42.6 Å². The van der Waals surface area contributed by atoms with Crippen molar-refractivity contribution in [3.63, 3.8) is 0 Å². The first-order chi connectivity index (χ1) is 13.0. The first-order valence-corrected chi connectivity index (χ1v) is 9.08. The summed E-state index contributed by atoms with van der Waals surface area (Å²) in [6.45, 7) is 4.99. The Morgan fingerprint density at radius 3 is 2.93 bits per heavy atom. The van der Waals surface area contributed by atoms with Gasteiger partial charge in [-0.2, -0.15) is 0 Å². The summed E-state index contributed by atoms with van der Waals surface area (Å²) in [6.07, 6.45) is -0.00473. The van der Waals surface area contributed by atoms with E-state index in [2.05, 4.69) is 9.97 Å². The molecule has 3 heterocycles. The van der Waals surface area contributed by atoms with E-state index in [1.54, 1.807) is 17.0 Å². The van der Waals surface area contributed by atoms with E-state index < -0.39 is 0 Å². The zero-order chi connectivity index (χ0) is 19.0. The fraction of sp³-hybridized carbons (Fsp3) is 0.421. The first kappa shape index (κ1) is 17.5. The number of hydrogen-bond donors (Lipinski definition) is 2. The second-order valence-corrected chi connectivity index (χ2v) is 6.94. The van der Waals surface area contributed by atoms with Crippen molar-refractivity contribution < 1.29 is 14.6 Å². The highest BCUT2D eigenvalue weighted by atomic mass is 16.5. The summed E-state index contributed by atoms with van der Waals surface area (Å²) in [5.41, 5.74) is 1.23. The number of anilines is 2. The predicted molar refractivity (Wildman–Crippen MR) is 100 cm³/mol. The predicted octanol–water partition coefficient (Wildman–Crippen LogP) is 1.00. The number of benzene rings is 1. The number of amides is 1. The number of aromatic nitrogens is 2. The molecule has 0 saturated carbocycles. The van der Waals surface area contributed by atoms with Crippen LogP contribution in [0.15, 0.2) is 29.1 Å². The lowest BCUT2D eigenvalue weighted by atomic mass is 10.0. The molecule has 27 heavy (non-hydrogen) atoms. The Morgan fingerprint density at radius 2 is 2.15 bits per heavy atom. The number of aromatic amines is 1. The van der Waals surface area contributed by atoms with Crippen LogP contribution in [-0.4, -0.2) is 53.8 Å². The summed E-state index contributed by atoms with van der Waals surface area (Å²) in [5.74, 6) is 1.01. The highest BCUT2D eigenvalue weighted by Gasteiger charge is 2.32. The van der Waals surface area contributed by atoms with E-state index in [1.807, 2.05) is 17.9 Å². The fourth-order valence-corrected chi connectivity index (χ4v) is 3.75. The molecule has 1 saturated heterocycles. The molecule has 1 aromatic carbocycles. The van der Waals surface area contributed by atoms with Gasteiger partial charge in [-0.25, -0.2) is 4.98 Å². The summed E-state index contributed by atoms with van der Waals surface area (Å²) >= 11 is 0. The molecule has 8 nitrogen and oxygen atoms in total. The minimum atomic E-state index is -0.276. The van der Waals surface area contributed by atoms with Crippen LogP contribution in [0.2, 0.25) is 0 Å². The van der Waals surface area contributed by atoms with Crippen LogP contribution in [0.1, 0.15) is 24.2 Å². The van der Waals surface area contributed by atoms with E-state index in [-0.39, 0.29) is 29.6 Å². The number of nitrogens with zero attached hydrogens (tertiary/aromatic N) is 3. The number of ether oxygens (including phenoxy) is 1. The van der Waals surface area contributed by atoms with Crippen molar-refractivity contribution in [3.8, 4) is 5.75 Å². The molecule has 1 atom stereocenters. The highest BCUT2D eigenvalue weighted by Crippen LogP contribution is 2.41. The van der Waals surface area contributed by atoms with Gasteiger partial charge in [0, 0.05) is 37.2 Å². The third-order valence-electron chi connectivity index (χ3n) is 5.03. The fourth-order valence-electron chi connectivity index (χ4n) is 3.75. The molecule has 8 heteroatoms. The van der Waals surface area contributed by atoms with Crippen molar-refractivity contribution in [2.45, 2.75) is 19.3 Å². The molecule has 1 amide bonds. The number of rotatable bonds is 3. The summed E-state index contributed by atoms with van der Waals surface area (Å²) in [5, 5.41) is 10.1. The maximum Gasteiger partial charge on any atom is 0.252 e. The Morgan fingerprint density at radius 1 is 1.37 bits per heavy atom. The molecule has 142 valence electrons. The van der Waals surface area contributed by atoms with Gasteiger partial charge in [0.1, 0.15) is 17.4 Å². The number of hydrogen-bond acceptors (Lipinski definition) is 6. The van der Waals surface area contributed by atoms with Crippen LogP contribution in [0.5, 0.6) is 5.75 Å². The molecule has 2 aliphatic rings. The summed E-state index contributed by atoms with van der Waals surface area (Å²) in [6, 6.07) is 6.64. The summed E-state index contributed by atoms with van der Waals surface area (Å²) in [4.78, 5) is 35.7. The number of carbonyl (C=O) groups excluding carboxylic acids is 1. The van der Waals surface area contributed by atoms with Crippen LogP contribution in [0, 0.1) is 0 Å². The van der Waals surface area contributed by atoms with Gasteiger partial charge < -0.3 is 24.6 Å². The van der Waals surface area contributed by atoms with E-state index in [0.717, 1.165) is 11.3 Å². The van der Waals surface area contributed by atoms with E-state index in [9.17, 15) is 14.7 Å². The van der Waals surface area contributed by atoms with Gasteiger partial charge in [0.15, 0.2) is 0 Å². The molecule has 1 aromatic heterocycles. The number of morpholine rings is 1. The number of carbonyl (C=O) groups is 1. The van der Waals surface area contributed by atoms with Crippen molar-refractivity contribution in [1.82, 2.24) is 9.97 Å². The van der Waals surface area contributed by atoms with Gasteiger partial charge >= 0.3 is 0 Å². The van der Waals surface area contributed by atoms with Gasteiger partial charge in [-0.05, 0) is 12.1 Å². The minimum Gasteiger partial charge on any atom is -0.508 e. The molecular formula is C19H22N4O4. The normalized spacial score (nSPS) is 19.2. The number of nitrogens with one attached hydrogen (secondary N) is 1. The first-order valence-electron chi connectivity index (χ1n) is 9.08. The van der Waals surface area contributed by atoms with Crippen LogP contribution in [0.3, 0.4) is 0 Å². The molecular weight excluding hydrogens is 348 g/mol. The Balaban J connectivity index is 1.56. The van der Waals surface area contributed by atoms with Crippen LogP contribution in [0.25, 0.3) is 0 Å². The van der Waals surface area contributed by atoms with Crippen molar-refractivity contribution in [3.05, 3.63) is 46.0 Å². The molecule has 0 unspecified atom stereocenters. The number of aromatic hydroxyl groups is 1. The van der Waals surface area contributed by atoms with Crippen LogP contribution in [0.4, 0.5) is 11.5 Å². The molecule has 0 radical (unpaired) electrons. The molecule has 0 spiro atoms. The SMILES string of the molecule is C[C@@H]1CN(C(=O)Cc2nc(N3CCOCC3)cc(=O)[nH]2)c2cccc(O)c21. The van der Waals surface area contributed by atoms with E-state index in [0.29, 0.717) is 44.5 Å². The second-order valence-electron chi connectivity index (χ2n) is 6.94. The van der Waals surface area contributed by atoms with Gasteiger partial charge in [-0.1, -0.05) is 13.0 Å². The Kier molecular flexibility index (Phi) is 4.57. The summed E-state index contributed by atoms with van der Waals surface area (Å²) in [7, 11) is 0. The van der Waals surface area contributed by atoms with Crippen molar-refractivity contribution >= 4 is 17.4 Å². The molecule has 2 aliphatic heterocycles. The van der Waals surface area contributed by atoms with Crippen LogP contribution >= 0.6 is 0 Å². The van der Waals surface area contributed by atoms with Crippen LogP contribution in [-0.2, 0) is 16.0 Å². The van der Waals surface area contributed by atoms with E-state index in [4.69, 9.17) is 4.74 Å². The standard InChI is InChI=1S/C19H22N4O4/c1-12-11-23(13-3-2-4-14(24)19(12)13)18(26)9-15-20-16(10-17(25)21-15)22-5-7-27-8-6-22/h2-4,10,12,24H,5-9,11H2,1H3,(H,20,21,25)/t12-/m1/s1. The average Bonchev–Trinajstić information content (AvgIpc) is 3.00. The van der Waals surface area contributed by atoms with Crippen molar-refractivity contribution in [2.24, 2.45) is 0 Å². The number of fused-ring (bicyclic) bond motifs is 1. The number of H-pyrrole nitrogens is 1. The van der Waals surface area contributed by atoms with E-state index >= 15 is 0 Å². The van der Waals surface area contributed by atoms with Gasteiger partial charge in [-0.3, -0.25) is 9.59 Å². The zero-order valence-electron chi connectivity index (χ0n) is 15.1.